The lowest BCUT2D eigenvalue weighted by atomic mass is 10.2. The number of hydrogen-bond acceptors (Lipinski definition) is 5. The van der Waals surface area contributed by atoms with E-state index in [1.807, 2.05) is 46.8 Å². The first-order valence-electron chi connectivity index (χ1n) is 7.52. The lowest BCUT2D eigenvalue weighted by Crippen LogP contribution is -2.48. The van der Waals surface area contributed by atoms with Crippen LogP contribution in [0.5, 0.6) is 5.75 Å². The number of aromatic nitrogens is 1. The van der Waals surface area contributed by atoms with E-state index in [0.29, 0.717) is 0 Å². The summed E-state index contributed by atoms with van der Waals surface area (Å²) in [7, 11) is 1.63. The molecule has 1 fully saturated rings. The molecular formula is C17H19N3O2S. The molecule has 6 heteroatoms. The fourth-order valence-corrected chi connectivity index (χ4v) is 3.21. The standard InChI is InChI=1S/C17H19N3O2S/c1-22-15-4-2-3-14(13-15)5-6-16(21)19-8-10-20(11-9-19)17-18-7-12-23-17/h2-7,12-13H,8-11H2,1H3/b6-5+. The maximum absolute atomic E-state index is 12.3. The van der Waals surface area contributed by atoms with Gasteiger partial charge in [-0.1, -0.05) is 12.1 Å². The van der Waals surface area contributed by atoms with E-state index in [-0.39, 0.29) is 5.91 Å². The molecule has 1 aromatic heterocycles. The highest BCUT2D eigenvalue weighted by molar-refractivity contribution is 7.13. The SMILES string of the molecule is COc1cccc(/C=C/C(=O)N2CCN(c3nccs3)CC2)c1. The number of ether oxygens (including phenoxy) is 1. The van der Waals surface area contributed by atoms with Crippen molar-refractivity contribution in [1.82, 2.24) is 9.88 Å². The van der Waals surface area contributed by atoms with Crippen molar-refractivity contribution in [2.45, 2.75) is 0 Å². The van der Waals surface area contributed by atoms with E-state index in [1.165, 1.54) is 0 Å². The normalized spacial score (nSPS) is 15.2. The number of amides is 1. The van der Waals surface area contributed by atoms with Crippen LogP contribution >= 0.6 is 11.3 Å². The van der Waals surface area contributed by atoms with Crippen LogP contribution in [0.25, 0.3) is 6.08 Å². The third-order valence-electron chi connectivity index (χ3n) is 3.79. The highest BCUT2D eigenvalue weighted by Gasteiger charge is 2.20. The zero-order valence-corrected chi connectivity index (χ0v) is 13.8. The first-order valence-corrected chi connectivity index (χ1v) is 8.40. The molecule has 0 unspecified atom stereocenters. The Morgan fingerprint density at radius 2 is 2.13 bits per heavy atom. The predicted octanol–water partition coefficient (Wildman–Crippen LogP) is 2.51. The summed E-state index contributed by atoms with van der Waals surface area (Å²) in [5.41, 5.74) is 0.958. The summed E-state index contributed by atoms with van der Waals surface area (Å²) in [5.74, 6) is 0.836. The van der Waals surface area contributed by atoms with Crippen LogP contribution in [-0.4, -0.2) is 49.1 Å². The number of methoxy groups -OCH3 is 1. The van der Waals surface area contributed by atoms with Gasteiger partial charge in [0.05, 0.1) is 7.11 Å². The van der Waals surface area contributed by atoms with Crippen LogP contribution < -0.4 is 9.64 Å². The number of carbonyl (C=O) groups excluding carboxylic acids is 1. The number of hydrogen-bond donors (Lipinski definition) is 0. The summed E-state index contributed by atoms with van der Waals surface area (Å²) in [6, 6.07) is 7.66. The van der Waals surface area contributed by atoms with Crippen LogP contribution in [0, 0.1) is 0 Å². The minimum atomic E-state index is 0.0478. The second-order valence-electron chi connectivity index (χ2n) is 5.24. The minimum Gasteiger partial charge on any atom is -0.497 e. The Balaban J connectivity index is 1.56. The Hall–Kier alpha value is -2.34. The fourth-order valence-electron chi connectivity index (χ4n) is 2.51. The van der Waals surface area contributed by atoms with E-state index in [9.17, 15) is 4.79 Å². The fraction of sp³-hybridized carbons (Fsp3) is 0.294. The second kappa shape index (κ2) is 7.28. The highest BCUT2D eigenvalue weighted by atomic mass is 32.1. The molecule has 1 aliphatic rings. The summed E-state index contributed by atoms with van der Waals surface area (Å²) in [6.45, 7) is 3.10. The van der Waals surface area contributed by atoms with E-state index in [1.54, 1.807) is 24.5 Å². The van der Waals surface area contributed by atoms with Crippen molar-refractivity contribution in [1.29, 1.82) is 0 Å². The molecule has 1 amide bonds. The Morgan fingerprint density at radius 1 is 1.30 bits per heavy atom. The summed E-state index contributed by atoms with van der Waals surface area (Å²) in [6.07, 6.45) is 5.28. The van der Waals surface area contributed by atoms with Crippen molar-refractivity contribution in [3.63, 3.8) is 0 Å². The molecule has 0 saturated carbocycles. The van der Waals surface area contributed by atoms with Crippen LogP contribution in [0.1, 0.15) is 5.56 Å². The molecule has 0 bridgehead atoms. The third kappa shape index (κ3) is 3.90. The van der Waals surface area contributed by atoms with E-state index in [4.69, 9.17) is 4.74 Å². The number of thiazole rings is 1. The smallest absolute Gasteiger partial charge is 0.246 e. The Morgan fingerprint density at radius 3 is 2.83 bits per heavy atom. The van der Waals surface area contributed by atoms with Crippen LogP contribution in [0.3, 0.4) is 0 Å². The summed E-state index contributed by atoms with van der Waals surface area (Å²) in [4.78, 5) is 20.7. The molecule has 1 saturated heterocycles. The number of benzene rings is 1. The van der Waals surface area contributed by atoms with Gasteiger partial charge in [-0.25, -0.2) is 4.98 Å². The van der Waals surface area contributed by atoms with Gasteiger partial charge in [-0.3, -0.25) is 4.79 Å². The average molecular weight is 329 g/mol. The van der Waals surface area contributed by atoms with Gasteiger partial charge in [0.1, 0.15) is 5.75 Å². The van der Waals surface area contributed by atoms with Crippen molar-refractivity contribution < 1.29 is 9.53 Å². The molecule has 0 spiro atoms. The zero-order valence-electron chi connectivity index (χ0n) is 13.0. The molecule has 0 atom stereocenters. The first-order chi connectivity index (χ1) is 11.3. The number of piperazine rings is 1. The zero-order chi connectivity index (χ0) is 16.1. The lowest BCUT2D eigenvalue weighted by Gasteiger charge is -2.34. The third-order valence-corrected chi connectivity index (χ3v) is 4.63. The molecule has 120 valence electrons. The lowest BCUT2D eigenvalue weighted by molar-refractivity contribution is -0.126. The molecule has 0 aliphatic carbocycles. The van der Waals surface area contributed by atoms with Gasteiger partial charge in [0.25, 0.3) is 0 Å². The van der Waals surface area contributed by atoms with Gasteiger partial charge < -0.3 is 14.5 Å². The maximum atomic E-state index is 12.3. The Bertz CT molecular complexity index is 677. The van der Waals surface area contributed by atoms with Gasteiger partial charge in [0.2, 0.25) is 5.91 Å². The van der Waals surface area contributed by atoms with Crippen molar-refractivity contribution in [2.75, 3.05) is 38.2 Å². The van der Waals surface area contributed by atoms with Gasteiger partial charge in [0, 0.05) is 43.8 Å². The van der Waals surface area contributed by atoms with Gasteiger partial charge in [-0.15, -0.1) is 11.3 Å². The van der Waals surface area contributed by atoms with Crippen molar-refractivity contribution in [3.05, 3.63) is 47.5 Å². The minimum absolute atomic E-state index is 0.0478. The van der Waals surface area contributed by atoms with Crippen molar-refractivity contribution in [3.8, 4) is 5.75 Å². The van der Waals surface area contributed by atoms with E-state index < -0.39 is 0 Å². The molecule has 1 aromatic carbocycles. The second-order valence-corrected chi connectivity index (χ2v) is 6.11. The number of anilines is 1. The largest absolute Gasteiger partial charge is 0.497 e. The van der Waals surface area contributed by atoms with Gasteiger partial charge in [-0.2, -0.15) is 0 Å². The summed E-state index contributed by atoms with van der Waals surface area (Å²) < 4.78 is 5.19. The number of nitrogens with zero attached hydrogens (tertiary/aromatic N) is 3. The van der Waals surface area contributed by atoms with Crippen molar-refractivity contribution >= 4 is 28.5 Å². The van der Waals surface area contributed by atoms with Crippen LogP contribution in [0.15, 0.2) is 41.9 Å². The number of rotatable bonds is 4. The molecule has 1 aliphatic heterocycles. The van der Waals surface area contributed by atoms with Crippen LogP contribution in [0.2, 0.25) is 0 Å². The number of carbonyl (C=O) groups is 1. The Kier molecular flexibility index (Phi) is 4.92. The predicted molar refractivity (Wildman–Crippen MR) is 92.9 cm³/mol. The average Bonchev–Trinajstić information content (AvgIpc) is 3.14. The summed E-state index contributed by atoms with van der Waals surface area (Å²) >= 11 is 1.64. The van der Waals surface area contributed by atoms with Gasteiger partial charge in [0.15, 0.2) is 5.13 Å². The molecule has 2 heterocycles. The van der Waals surface area contributed by atoms with E-state index in [0.717, 1.165) is 42.6 Å². The molecule has 0 N–H and O–H groups in total. The van der Waals surface area contributed by atoms with Crippen LogP contribution in [-0.2, 0) is 4.79 Å². The molecule has 2 aromatic rings. The van der Waals surface area contributed by atoms with E-state index in [2.05, 4.69) is 9.88 Å². The van der Waals surface area contributed by atoms with Gasteiger partial charge in [-0.05, 0) is 23.8 Å². The maximum Gasteiger partial charge on any atom is 0.246 e. The van der Waals surface area contributed by atoms with Gasteiger partial charge >= 0.3 is 0 Å². The van der Waals surface area contributed by atoms with E-state index >= 15 is 0 Å². The molecule has 23 heavy (non-hydrogen) atoms. The van der Waals surface area contributed by atoms with Crippen molar-refractivity contribution in [2.24, 2.45) is 0 Å². The molecular weight excluding hydrogens is 310 g/mol. The molecule has 0 radical (unpaired) electrons. The van der Waals surface area contributed by atoms with Crippen LogP contribution in [0.4, 0.5) is 5.13 Å². The topological polar surface area (TPSA) is 45.7 Å². The Labute approximate surface area is 139 Å². The molecule has 3 rings (SSSR count). The highest BCUT2D eigenvalue weighted by Crippen LogP contribution is 2.19. The quantitative estimate of drug-likeness (QED) is 0.809. The first kappa shape index (κ1) is 15.6. The summed E-state index contributed by atoms with van der Waals surface area (Å²) in [5, 5.41) is 3.01. The monoisotopic (exact) mass is 329 g/mol. The molecule has 5 nitrogen and oxygen atoms in total.